The summed E-state index contributed by atoms with van der Waals surface area (Å²) in [4.78, 5) is 34.9. The first-order chi connectivity index (χ1) is 10.8. The van der Waals surface area contributed by atoms with Gasteiger partial charge in [-0.3, -0.25) is 9.59 Å². The Hall–Kier alpha value is -2.67. The van der Waals surface area contributed by atoms with Gasteiger partial charge >= 0.3 is 5.97 Å². The summed E-state index contributed by atoms with van der Waals surface area (Å²) in [6, 6.07) is 7.95. The molecule has 0 spiro atoms. The number of ether oxygens (including phenoxy) is 1. The van der Waals surface area contributed by atoms with E-state index >= 15 is 0 Å². The third-order valence-corrected chi connectivity index (χ3v) is 3.31. The normalized spacial score (nSPS) is 11.8. The maximum absolute atomic E-state index is 12.0. The Balaban J connectivity index is 2.44. The quantitative estimate of drug-likeness (QED) is 0.846. The molecule has 0 aliphatic carbocycles. The van der Waals surface area contributed by atoms with E-state index in [1.807, 2.05) is 0 Å². The zero-order valence-electron chi connectivity index (χ0n) is 12.4. The van der Waals surface area contributed by atoms with Crippen LogP contribution in [0.3, 0.4) is 0 Å². The summed E-state index contributed by atoms with van der Waals surface area (Å²) in [6.07, 6.45) is -1.16. The lowest BCUT2D eigenvalue weighted by Gasteiger charge is -2.12. The second-order valence-corrected chi connectivity index (χ2v) is 5.27. The van der Waals surface area contributed by atoms with Gasteiger partial charge < -0.3 is 10.5 Å². The molecular weight excluding hydrogens is 322 g/mol. The van der Waals surface area contributed by atoms with E-state index in [0.29, 0.717) is 16.4 Å². The molecule has 0 saturated carbocycles. The second kappa shape index (κ2) is 6.62. The fraction of sp³-hybridized carbons (Fsp3) is 0.200. The van der Waals surface area contributed by atoms with E-state index in [4.69, 9.17) is 22.1 Å². The van der Waals surface area contributed by atoms with Gasteiger partial charge in [-0.2, -0.15) is 5.10 Å². The van der Waals surface area contributed by atoms with Crippen LogP contribution >= 0.6 is 11.6 Å². The minimum atomic E-state index is -1.16. The summed E-state index contributed by atoms with van der Waals surface area (Å²) in [7, 11) is 0. The number of nitrogens with two attached hydrogens (primary N) is 1. The highest BCUT2D eigenvalue weighted by Crippen LogP contribution is 2.14. The van der Waals surface area contributed by atoms with Gasteiger partial charge in [0.05, 0.1) is 5.69 Å². The summed E-state index contributed by atoms with van der Waals surface area (Å²) < 4.78 is 6.22. The molecule has 2 rings (SSSR count). The van der Waals surface area contributed by atoms with E-state index in [0.717, 1.165) is 0 Å². The Labute approximate surface area is 136 Å². The van der Waals surface area contributed by atoms with Gasteiger partial charge in [-0.15, -0.1) is 0 Å². The number of nitrogens with zero attached hydrogens (tertiary/aromatic N) is 2. The minimum Gasteiger partial charge on any atom is -0.448 e. The van der Waals surface area contributed by atoms with E-state index in [9.17, 15) is 14.4 Å². The molecule has 0 fully saturated rings. The molecule has 1 amide bonds. The van der Waals surface area contributed by atoms with E-state index in [-0.39, 0.29) is 0 Å². The predicted molar refractivity (Wildman–Crippen MR) is 83.7 cm³/mol. The maximum atomic E-state index is 12.0. The third kappa shape index (κ3) is 3.75. The maximum Gasteiger partial charge on any atom is 0.363 e. The second-order valence-electron chi connectivity index (χ2n) is 4.84. The number of hydrogen-bond acceptors (Lipinski definition) is 5. The lowest BCUT2D eigenvalue weighted by Crippen LogP contribution is -2.33. The highest BCUT2D eigenvalue weighted by molar-refractivity contribution is 6.30. The number of carbonyl (C=O) groups excluding carboxylic acids is 2. The molecular formula is C15H14ClN3O4. The number of benzene rings is 1. The van der Waals surface area contributed by atoms with Gasteiger partial charge in [0, 0.05) is 16.8 Å². The highest BCUT2D eigenvalue weighted by atomic mass is 35.5. The van der Waals surface area contributed by atoms with Crippen LogP contribution < -0.4 is 11.2 Å². The SMILES string of the molecule is Cc1cc(=O)c(C(=O)O[C@H](C)C(N)=O)nn1-c1ccc(Cl)cc1. The number of halogens is 1. The molecule has 0 aliphatic heterocycles. The van der Waals surface area contributed by atoms with Crippen LogP contribution in [0.15, 0.2) is 35.1 Å². The molecule has 1 aromatic carbocycles. The van der Waals surface area contributed by atoms with Crippen molar-refractivity contribution < 1.29 is 14.3 Å². The molecule has 120 valence electrons. The minimum absolute atomic E-state index is 0.432. The zero-order chi connectivity index (χ0) is 17.1. The number of aromatic nitrogens is 2. The molecule has 7 nitrogen and oxygen atoms in total. The van der Waals surface area contributed by atoms with Gasteiger partial charge in [-0.25, -0.2) is 9.48 Å². The van der Waals surface area contributed by atoms with Crippen molar-refractivity contribution >= 4 is 23.5 Å². The van der Waals surface area contributed by atoms with Gasteiger partial charge in [0.1, 0.15) is 0 Å². The number of aryl methyl sites for hydroxylation is 1. The summed E-state index contributed by atoms with van der Waals surface area (Å²) in [5.74, 6) is -1.83. The molecule has 0 unspecified atom stereocenters. The summed E-state index contributed by atoms with van der Waals surface area (Å²) in [5, 5.41) is 4.56. The van der Waals surface area contributed by atoms with Gasteiger partial charge in [0.2, 0.25) is 11.1 Å². The molecule has 23 heavy (non-hydrogen) atoms. The first-order valence-electron chi connectivity index (χ1n) is 6.67. The van der Waals surface area contributed by atoms with Gasteiger partial charge in [-0.1, -0.05) is 11.6 Å². The number of hydrogen-bond donors (Lipinski definition) is 1. The number of carbonyl (C=O) groups is 2. The molecule has 8 heteroatoms. The first-order valence-corrected chi connectivity index (χ1v) is 7.04. The van der Waals surface area contributed by atoms with Gasteiger partial charge in [0.15, 0.2) is 6.10 Å². The van der Waals surface area contributed by atoms with Crippen LogP contribution in [-0.4, -0.2) is 27.8 Å². The monoisotopic (exact) mass is 335 g/mol. The fourth-order valence-corrected chi connectivity index (χ4v) is 1.93. The van der Waals surface area contributed by atoms with Crippen molar-refractivity contribution in [3.8, 4) is 5.69 Å². The smallest absolute Gasteiger partial charge is 0.363 e. The molecule has 0 aliphatic rings. The summed E-state index contributed by atoms with van der Waals surface area (Å²) >= 11 is 5.84. The van der Waals surface area contributed by atoms with Crippen LogP contribution in [-0.2, 0) is 9.53 Å². The van der Waals surface area contributed by atoms with Crippen molar-refractivity contribution in [2.75, 3.05) is 0 Å². The fourth-order valence-electron chi connectivity index (χ4n) is 1.81. The van der Waals surface area contributed by atoms with Gasteiger partial charge in [0.25, 0.3) is 5.91 Å². The van der Waals surface area contributed by atoms with Crippen molar-refractivity contribution in [3.05, 3.63) is 57.0 Å². The van der Waals surface area contributed by atoms with Crippen molar-refractivity contribution in [1.29, 1.82) is 0 Å². The lowest BCUT2D eigenvalue weighted by molar-refractivity contribution is -0.125. The van der Waals surface area contributed by atoms with Crippen molar-refractivity contribution in [3.63, 3.8) is 0 Å². The Kier molecular flexibility index (Phi) is 4.80. The number of esters is 1. The molecule has 2 N–H and O–H groups in total. The van der Waals surface area contributed by atoms with Crippen LogP contribution in [0.5, 0.6) is 0 Å². The standard InChI is InChI=1S/C15H14ClN3O4/c1-8-7-12(20)13(15(22)23-9(2)14(17)21)18-19(8)11-5-3-10(16)4-6-11/h3-7,9H,1-2H3,(H2,17,21)/t9-/m1/s1. The molecule has 2 aromatic rings. The molecule has 0 bridgehead atoms. The Morgan fingerprint density at radius 1 is 1.30 bits per heavy atom. The number of primary amides is 1. The van der Waals surface area contributed by atoms with E-state index < -0.39 is 29.1 Å². The number of rotatable bonds is 4. The van der Waals surface area contributed by atoms with Crippen molar-refractivity contribution in [2.24, 2.45) is 5.73 Å². The highest BCUT2D eigenvalue weighted by Gasteiger charge is 2.21. The first kappa shape index (κ1) is 16.7. The lowest BCUT2D eigenvalue weighted by atomic mass is 10.3. The van der Waals surface area contributed by atoms with E-state index in [1.165, 1.54) is 17.7 Å². The van der Waals surface area contributed by atoms with Crippen LogP contribution in [0.4, 0.5) is 0 Å². The van der Waals surface area contributed by atoms with Gasteiger partial charge in [-0.05, 0) is 38.1 Å². The van der Waals surface area contributed by atoms with Crippen molar-refractivity contribution in [2.45, 2.75) is 20.0 Å². The molecule has 1 aromatic heterocycles. The Bertz CT molecular complexity index is 814. The molecule has 1 atom stereocenters. The molecule has 0 radical (unpaired) electrons. The summed E-state index contributed by atoms with van der Waals surface area (Å²) in [6.45, 7) is 2.98. The molecule has 1 heterocycles. The largest absolute Gasteiger partial charge is 0.448 e. The Morgan fingerprint density at radius 3 is 2.48 bits per heavy atom. The van der Waals surface area contributed by atoms with Crippen molar-refractivity contribution in [1.82, 2.24) is 9.78 Å². The molecule has 0 saturated heterocycles. The zero-order valence-corrected chi connectivity index (χ0v) is 13.2. The van der Waals surface area contributed by atoms with E-state index in [2.05, 4.69) is 5.10 Å². The average molecular weight is 336 g/mol. The Morgan fingerprint density at radius 2 is 1.91 bits per heavy atom. The number of amides is 1. The van der Waals surface area contributed by atoms with Crippen LogP contribution in [0.1, 0.15) is 23.1 Å². The average Bonchev–Trinajstić information content (AvgIpc) is 2.48. The van der Waals surface area contributed by atoms with Crippen LogP contribution in [0.2, 0.25) is 5.02 Å². The van der Waals surface area contributed by atoms with E-state index in [1.54, 1.807) is 31.2 Å². The van der Waals surface area contributed by atoms with Crippen LogP contribution in [0.25, 0.3) is 5.69 Å². The summed E-state index contributed by atoms with van der Waals surface area (Å²) in [5.41, 5.74) is 5.13. The third-order valence-electron chi connectivity index (χ3n) is 3.06. The predicted octanol–water partition coefficient (Wildman–Crippen LogP) is 1.22. The van der Waals surface area contributed by atoms with Crippen LogP contribution in [0, 0.1) is 6.92 Å². The topological polar surface area (TPSA) is 104 Å².